The number of ether oxygens (including phenoxy) is 2. The first-order chi connectivity index (χ1) is 9.57. The summed E-state index contributed by atoms with van der Waals surface area (Å²) in [6.45, 7) is 16.7. The van der Waals surface area contributed by atoms with Crippen molar-refractivity contribution in [3.63, 3.8) is 0 Å². The van der Waals surface area contributed by atoms with E-state index in [1.807, 2.05) is 6.07 Å². The maximum absolute atomic E-state index is 5.89. The fourth-order valence-corrected chi connectivity index (χ4v) is 1.85. The highest BCUT2D eigenvalue weighted by Crippen LogP contribution is 2.21. The molecule has 0 heterocycles. The van der Waals surface area contributed by atoms with Gasteiger partial charge in [0.2, 0.25) is 0 Å². The molecular weight excluding hydrogens is 262 g/mol. The Bertz CT molecular complexity index is 442. The molecule has 0 saturated heterocycles. The predicted molar refractivity (Wildman–Crippen MR) is 89.0 cm³/mol. The molecule has 0 unspecified atom stereocenters. The lowest BCUT2D eigenvalue weighted by molar-refractivity contribution is -0.0164. The van der Waals surface area contributed by atoms with Crippen molar-refractivity contribution in [2.45, 2.75) is 66.2 Å². The Morgan fingerprint density at radius 1 is 1.00 bits per heavy atom. The van der Waals surface area contributed by atoms with Crippen LogP contribution in [0.2, 0.25) is 0 Å². The molecular formula is C18H31NO2. The van der Waals surface area contributed by atoms with Crippen LogP contribution in [-0.2, 0) is 11.3 Å². The van der Waals surface area contributed by atoms with Crippen molar-refractivity contribution in [1.29, 1.82) is 0 Å². The van der Waals surface area contributed by atoms with Gasteiger partial charge in [0.15, 0.2) is 0 Å². The third-order valence-electron chi connectivity index (χ3n) is 2.90. The summed E-state index contributed by atoms with van der Waals surface area (Å²) in [4.78, 5) is 0. The highest BCUT2D eigenvalue weighted by molar-refractivity contribution is 5.37. The van der Waals surface area contributed by atoms with Crippen molar-refractivity contribution in [3.8, 4) is 5.75 Å². The molecule has 3 nitrogen and oxygen atoms in total. The largest absolute Gasteiger partial charge is 0.491 e. The number of hydrogen-bond acceptors (Lipinski definition) is 3. The van der Waals surface area contributed by atoms with Crippen LogP contribution in [0.25, 0.3) is 0 Å². The normalized spacial score (nSPS) is 12.5. The van der Waals surface area contributed by atoms with Gasteiger partial charge in [-0.25, -0.2) is 0 Å². The van der Waals surface area contributed by atoms with Crippen LogP contribution in [0.5, 0.6) is 5.75 Å². The van der Waals surface area contributed by atoms with Gasteiger partial charge in [0.25, 0.3) is 0 Å². The summed E-state index contributed by atoms with van der Waals surface area (Å²) in [6.07, 6.45) is 0. The number of hydrogen-bond donors (Lipinski definition) is 1. The molecule has 0 aliphatic carbocycles. The number of rotatable bonds is 6. The quantitative estimate of drug-likeness (QED) is 0.802. The van der Waals surface area contributed by atoms with Crippen LogP contribution in [0.3, 0.4) is 0 Å². The van der Waals surface area contributed by atoms with Crippen LogP contribution >= 0.6 is 0 Å². The minimum Gasteiger partial charge on any atom is -0.491 e. The number of benzene rings is 1. The van der Waals surface area contributed by atoms with Gasteiger partial charge in [-0.15, -0.1) is 0 Å². The molecule has 0 bridgehead atoms. The van der Waals surface area contributed by atoms with E-state index in [2.05, 4.69) is 65.9 Å². The van der Waals surface area contributed by atoms with Crippen molar-refractivity contribution >= 4 is 0 Å². The van der Waals surface area contributed by atoms with Crippen LogP contribution in [0.15, 0.2) is 18.2 Å². The molecule has 120 valence electrons. The van der Waals surface area contributed by atoms with Gasteiger partial charge >= 0.3 is 0 Å². The monoisotopic (exact) mass is 293 g/mol. The molecule has 0 fully saturated rings. The third kappa shape index (κ3) is 8.08. The van der Waals surface area contributed by atoms with Crippen molar-refractivity contribution in [1.82, 2.24) is 5.32 Å². The molecule has 1 N–H and O–H groups in total. The van der Waals surface area contributed by atoms with Gasteiger partial charge in [-0.05, 0) is 54.5 Å². The smallest absolute Gasteiger partial charge is 0.123 e. The van der Waals surface area contributed by atoms with Crippen LogP contribution < -0.4 is 10.1 Å². The first kappa shape index (κ1) is 18.0. The van der Waals surface area contributed by atoms with E-state index in [0.29, 0.717) is 13.2 Å². The zero-order valence-corrected chi connectivity index (χ0v) is 14.7. The van der Waals surface area contributed by atoms with Crippen molar-refractivity contribution < 1.29 is 9.47 Å². The van der Waals surface area contributed by atoms with Crippen LogP contribution in [0, 0.1) is 6.92 Å². The molecule has 0 aromatic heterocycles. The van der Waals surface area contributed by atoms with E-state index < -0.39 is 0 Å². The first-order valence-electron chi connectivity index (χ1n) is 7.68. The fourth-order valence-electron chi connectivity index (χ4n) is 1.85. The molecule has 1 rings (SSSR count). The summed E-state index contributed by atoms with van der Waals surface area (Å²) in [6, 6.07) is 6.31. The lowest BCUT2D eigenvalue weighted by Crippen LogP contribution is -2.35. The predicted octanol–water partition coefficient (Wildman–Crippen LogP) is 4.08. The van der Waals surface area contributed by atoms with E-state index in [4.69, 9.17) is 9.47 Å². The van der Waals surface area contributed by atoms with Gasteiger partial charge in [0.05, 0.1) is 12.2 Å². The molecule has 0 spiro atoms. The summed E-state index contributed by atoms with van der Waals surface area (Å²) >= 11 is 0. The Hall–Kier alpha value is -1.06. The fraction of sp³-hybridized carbons (Fsp3) is 0.667. The molecule has 0 saturated carbocycles. The first-order valence-corrected chi connectivity index (χ1v) is 7.68. The Labute approximate surface area is 130 Å². The SMILES string of the molecule is Cc1ccc(OCCOC(C)(C)C)c(CNC(C)(C)C)c1. The van der Waals surface area contributed by atoms with Gasteiger partial charge < -0.3 is 14.8 Å². The Morgan fingerprint density at radius 3 is 2.24 bits per heavy atom. The minimum atomic E-state index is -0.118. The molecule has 1 aromatic rings. The standard InChI is InChI=1S/C18H31NO2/c1-14-8-9-16(20-10-11-21-18(5,6)7)15(12-14)13-19-17(2,3)4/h8-9,12,19H,10-11,13H2,1-7H3. The van der Waals surface area contributed by atoms with Gasteiger partial charge in [0, 0.05) is 17.6 Å². The van der Waals surface area contributed by atoms with Gasteiger partial charge in [-0.3, -0.25) is 0 Å². The molecule has 1 aromatic carbocycles. The second-order valence-electron chi connectivity index (χ2n) is 7.52. The topological polar surface area (TPSA) is 30.5 Å². The average molecular weight is 293 g/mol. The van der Waals surface area contributed by atoms with E-state index in [-0.39, 0.29) is 11.1 Å². The summed E-state index contributed by atoms with van der Waals surface area (Å²) in [7, 11) is 0. The van der Waals surface area contributed by atoms with E-state index >= 15 is 0 Å². The van der Waals surface area contributed by atoms with Gasteiger partial charge in [-0.1, -0.05) is 17.7 Å². The molecule has 0 aliphatic rings. The zero-order valence-electron chi connectivity index (χ0n) is 14.7. The van der Waals surface area contributed by atoms with Crippen molar-refractivity contribution in [3.05, 3.63) is 29.3 Å². The maximum Gasteiger partial charge on any atom is 0.123 e. The van der Waals surface area contributed by atoms with Gasteiger partial charge in [0.1, 0.15) is 12.4 Å². The Balaban J connectivity index is 2.60. The highest BCUT2D eigenvalue weighted by atomic mass is 16.5. The minimum absolute atomic E-state index is 0.0936. The van der Waals surface area contributed by atoms with Crippen LogP contribution in [0.4, 0.5) is 0 Å². The maximum atomic E-state index is 5.89. The van der Waals surface area contributed by atoms with Crippen molar-refractivity contribution in [2.24, 2.45) is 0 Å². The molecule has 0 aliphatic heterocycles. The Morgan fingerprint density at radius 2 is 1.67 bits per heavy atom. The second-order valence-corrected chi connectivity index (χ2v) is 7.52. The lowest BCUT2D eigenvalue weighted by atomic mass is 10.1. The summed E-state index contributed by atoms with van der Waals surface area (Å²) in [5, 5.41) is 3.51. The molecule has 21 heavy (non-hydrogen) atoms. The lowest BCUT2D eigenvalue weighted by Gasteiger charge is -2.22. The summed E-state index contributed by atoms with van der Waals surface area (Å²) in [5.41, 5.74) is 2.42. The van der Waals surface area contributed by atoms with Crippen LogP contribution in [-0.4, -0.2) is 24.4 Å². The van der Waals surface area contributed by atoms with E-state index in [1.165, 1.54) is 11.1 Å². The van der Waals surface area contributed by atoms with Gasteiger partial charge in [-0.2, -0.15) is 0 Å². The number of nitrogens with one attached hydrogen (secondary N) is 1. The summed E-state index contributed by atoms with van der Waals surface area (Å²) < 4.78 is 11.6. The average Bonchev–Trinajstić information content (AvgIpc) is 2.31. The Kier molecular flexibility index (Phi) is 6.24. The van der Waals surface area contributed by atoms with Crippen LogP contribution in [0.1, 0.15) is 52.7 Å². The third-order valence-corrected chi connectivity index (χ3v) is 2.90. The molecule has 3 heteroatoms. The zero-order chi connectivity index (χ0) is 16.1. The van der Waals surface area contributed by atoms with Crippen molar-refractivity contribution in [2.75, 3.05) is 13.2 Å². The van der Waals surface area contributed by atoms with E-state index in [1.54, 1.807) is 0 Å². The highest BCUT2D eigenvalue weighted by Gasteiger charge is 2.12. The molecule has 0 atom stereocenters. The summed E-state index contributed by atoms with van der Waals surface area (Å²) in [5.74, 6) is 0.940. The number of aryl methyl sites for hydroxylation is 1. The van der Waals surface area contributed by atoms with E-state index in [0.717, 1.165) is 12.3 Å². The van der Waals surface area contributed by atoms with E-state index in [9.17, 15) is 0 Å². The molecule has 0 amide bonds. The molecule has 0 radical (unpaired) electrons. The second kappa shape index (κ2) is 7.28.